The second kappa shape index (κ2) is 9.43. The van der Waals surface area contributed by atoms with Crippen molar-refractivity contribution in [3.63, 3.8) is 0 Å². The molecule has 25 heavy (non-hydrogen) atoms. The topological polar surface area (TPSA) is 37.3 Å². The maximum absolute atomic E-state index is 9.81. The molecular formula is C23H24O2. The van der Waals surface area contributed by atoms with Crippen LogP contribution in [0.15, 0.2) is 84.9 Å². The SMILES string of the molecule is CC(C)CC(=O)O.c1ccc(-c2ccccc2-c2ccccc2)cc1. The smallest absolute Gasteiger partial charge is 0.303 e. The highest BCUT2D eigenvalue weighted by Gasteiger charge is 2.05. The summed E-state index contributed by atoms with van der Waals surface area (Å²) in [5.41, 5.74) is 5.09. The second-order valence-corrected chi connectivity index (χ2v) is 6.27. The highest BCUT2D eigenvalue weighted by Crippen LogP contribution is 2.31. The van der Waals surface area contributed by atoms with E-state index in [1.54, 1.807) is 0 Å². The zero-order valence-corrected chi connectivity index (χ0v) is 14.7. The Morgan fingerprint density at radius 1 is 0.720 bits per heavy atom. The minimum atomic E-state index is -0.713. The first kappa shape index (κ1) is 18.5. The molecule has 3 aromatic rings. The summed E-state index contributed by atoms with van der Waals surface area (Å²) in [5, 5.41) is 8.08. The zero-order chi connectivity index (χ0) is 18.1. The molecule has 0 unspecified atom stereocenters. The minimum Gasteiger partial charge on any atom is -0.481 e. The van der Waals surface area contributed by atoms with Gasteiger partial charge in [0, 0.05) is 6.42 Å². The van der Waals surface area contributed by atoms with Crippen molar-refractivity contribution in [3.05, 3.63) is 84.9 Å². The largest absolute Gasteiger partial charge is 0.481 e. The molecule has 3 aromatic carbocycles. The maximum atomic E-state index is 9.81. The molecule has 3 rings (SSSR count). The fraction of sp³-hybridized carbons (Fsp3) is 0.174. The van der Waals surface area contributed by atoms with Gasteiger partial charge in [-0.3, -0.25) is 4.79 Å². The van der Waals surface area contributed by atoms with Crippen LogP contribution in [0.4, 0.5) is 0 Å². The lowest BCUT2D eigenvalue weighted by Crippen LogP contribution is -1.99. The van der Waals surface area contributed by atoms with Gasteiger partial charge in [0.2, 0.25) is 0 Å². The van der Waals surface area contributed by atoms with Crippen molar-refractivity contribution in [3.8, 4) is 22.3 Å². The van der Waals surface area contributed by atoms with E-state index in [1.807, 2.05) is 13.8 Å². The third-order valence-electron chi connectivity index (χ3n) is 3.68. The van der Waals surface area contributed by atoms with Crippen LogP contribution in [0.5, 0.6) is 0 Å². The van der Waals surface area contributed by atoms with E-state index in [1.165, 1.54) is 22.3 Å². The molecule has 0 bridgehead atoms. The average Bonchev–Trinajstić information content (AvgIpc) is 2.63. The van der Waals surface area contributed by atoms with Crippen LogP contribution < -0.4 is 0 Å². The predicted molar refractivity (Wildman–Crippen MR) is 104 cm³/mol. The van der Waals surface area contributed by atoms with E-state index in [2.05, 4.69) is 84.9 Å². The van der Waals surface area contributed by atoms with Gasteiger partial charge in [0.15, 0.2) is 0 Å². The fourth-order valence-electron chi connectivity index (χ4n) is 2.57. The minimum absolute atomic E-state index is 0.275. The van der Waals surface area contributed by atoms with Crippen LogP contribution in [-0.4, -0.2) is 11.1 Å². The number of carbonyl (C=O) groups is 1. The van der Waals surface area contributed by atoms with E-state index in [4.69, 9.17) is 5.11 Å². The Morgan fingerprint density at radius 3 is 1.36 bits per heavy atom. The molecule has 1 N–H and O–H groups in total. The van der Waals surface area contributed by atoms with Crippen molar-refractivity contribution in [2.24, 2.45) is 5.92 Å². The Kier molecular flexibility index (Phi) is 6.97. The van der Waals surface area contributed by atoms with Gasteiger partial charge < -0.3 is 5.11 Å². The van der Waals surface area contributed by atoms with E-state index >= 15 is 0 Å². The quantitative estimate of drug-likeness (QED) is 0.623. The van der Waals surface area contributed by atoms with Crippen LogP contribution in [0.2, 0.25) is 0 Å². The Bertz CT molecular complexity index is 719. The summed E-state index contributed by atoms with van der Waals surface area (Å²) in [7, 11) is 0. The number of rotatable bonds is 4. The fourth-order valence-corrected chi connectivity index (χ4v) is 2.57. The number of benzene rings is 3. The Hall–Kier alpha value is -2.87. The molecule has 0 saturated carbocycles. The van der Waals surface area contributed by atoms with Crippen molar-refractivity contribution in [1.82, 2.24) is 0 Å². The van der Waals surface area contributed by atoms with Crippen LogP contribution in [0.1, 0.15) is 20.3 Å². The molecular weight excluding hydrogens is 308 g/mol. The number of aliphatic carboxylic acids is 1. The number of carboxylic acid groups (broad SMARTS) is 1. The molecule has 0 amide bonds. The van der Waals surface area contributed by atoms with Gasteiger partial charge in [-0.2, -0.15) is 0 Å². The molecule has 0 aromatic heterocycles. The summed E-state index contributed by atoms with van der Waals surface area (Å²) >= 11 is 0. The normalized spacial score (nSPS) is 10.0. The van der Waals surface area contributed by atoms with Crippen molar-refractivity contribution in [2.75, 3.05) is 0 Å². The summed E-state index contributed by atoms with van der Waals surface area (Å²) in [6.45, 7) is 3.77. The van der Waals surface area contributed by atoms with Gasteiger partial charge in [-0.05, 0) is 28.2 Å². The lowest BCUT2D eigenvalue weighted by Gasteiger charge is -2.09. The van der Waals surface area contributed by atoms with Gasteiger partial charge in [0.05, 0.1) is 0 Å². The molecule has 0 saturated heterocycles. The second-order valence-electron chi connectivity index (χ2n) is 6.27. The molecule has 0 aliphatic rings. The summed E-state index contributed by atoms with van der Waals surface area (Å²) in [5.74, 6) is -0.438. The molecule has 2 heteroatoms. The molecule has 2 nitrogen and oxygen atoms in total. The van der Waals surface area contributed by atoms with Crippen LogP contribution >= 0.6 is 0 Å². The van der Waals surface area contributed by atoms with Gasteiger partial charge in [-0.1, -0.05) is 98.8 Å². The molecule has 0 heterocycles. The van der Waals surface area contributed by atoms with Crippen LogP contribution in [0, 0.1) is 5.92 Å². The van der Waals surface area contributed by atoms with Crippen molar-refractivity contribution < 1.29 is 9.90 Å². The van der Waals surface area contributed by atoms with Crippen molar-refractivity contribution in [1.29, 1.82) is 0 Å². The van der Waals surface area contributed by atoms with Gasteiger partial charge in [0.25, 0.3) is 0 Å². The van der Waals surface area contributed by atoms with Gasteiger partial charge in [-0.25, -0.2) is 0 Å². The Morgan fingerprint density at radius 2 is 1.08 bits per heavy atom. The van der Waals surface area contributed by atoms with E-state index in [9.17, 15) is 4.79 Å². The van der Waals surface area contributed by atoms with E-state index in [0.717, 1.165) is 0 Å². The highest BCUT2D eigenvalue weighted by atomic mass is 16.4. The monoisotopic (exact) mass is 332 g/mol. The summed E-state index contributed by atoms with van der Waals surface area (Å²) in [4.78, 5) is 9.81. The van der Waals surface area contributed by atoms with E-state index in [-0.39, 0.29) is 12.3 Å². The third-order valence-corrected chi connectivity index (χ3v) is 3.68. The molecule has 128 valence electrons. The lowest BCUT2D eigenvalue weighted by molar-refractivity contribution is -0.137. The van der Waals surface area contributed by atoms with Gasteiger partial charge in [-0.15, -0.1) is 0 Å². The number of hydrogen-bond acceptors (Lipinski definition) is 1. The molecule has 0 spiro atoms. The lowest BCUT2D eigenvalue weighted by atomic mass is 9.95. The van der Waals surface area contributed by atoms with Gasteiger partial charge in [0.1, 0.15) is 0 Å². The first-order valence-corrected chi connectivity index (χ1v) is 8.49. The molecule has 0 radical (unpaired) electrons. The molecule has 0 atom stereocenters. The maximum Gasteiger partial charge on any atom is 0.303 e. The van der Waals surface area contributed by atoms with Crippen molar-refractivity contribution in [2.45, 2.75) is 20.3 Å². The zero-order valence-electron chi connectivity index (χ0n) is 14.7. The first-order valence-electron chi connectivity index (χ1n) is 8.49. The van der Waals surface area contributed by atoms with Crippen molar-refractivity contribution >= 4 is 5.97 Å². The van der Waals surface area contributed by atoms with Gasteiger partial charge >= 0.3 is 5.97 Å². The van der Waals surface area contributed by atoms with Crippen LogP contribution in [0.3, 0.4) is 0 Å². The first-order chi connectivity index (χ1) is 12.1. The molecule has 0 aliphatic carbocycles. The summed E-state index contributed by atoms with van der Waals surface area (Å²) in [6, 6.07) is 29.6. The molecule has 0 fully saturated rings. The summed E-state index contributed by atoms with van der Waals surface area (Å²) in [6.07, 6.45) is 0.278. The van der Waals surface area contributed by atoms with E-state index < -0.39 is 5.97 Å². The highest BCUT2D eigenvalue weighted by molar-refractivity contribution is 5.83. The predicted octanol–water partition coefficient (Wildman–Crippen LogP) is 6.14. The Labute approximate surface area is 149 Å². The van der Waals surface area contributed by atoms with Crippen LogP contribution in [0.25, 0.3) is 22.3 Å². The number of hydrogen-bond donors (Lipinski definition) is 1. The third kappa shape index (κ3) is 5.92. The van der Waals surface area contributed by atoms with E-state index in [0.29, 0.717) is 0 Å². The standard InChI is InChI=1S/C18H14.C5H10O2/c1-3-9-15(10-4-1)17-13-7-8-14-18(17)16-11-5-2-6-12-16;1-4(2)3-5(6)7/h1-14H;4H,3H2,1-2H3,(H,6,7). The number of carboxylic acids is 1. The average molecular weight is 332 g/mol. The summed E-state index contributed by atoms with van der Waals surface area (Å²) < 4.78 is 0. The molecule has 0 aliphatic heterocycles. The van der Waals surface area contributed by atoms with Crippen LogP contribution in [-0.2, 0) is 4.79 Å². The Balaban J connectivity index is 0.000000277.